The zero-order chi connectivity index (χ0) is 15.9. The third-order valence-electron chi connectivity index (χ3n) is 3.16. The molecule has 0 saturated carbocycles. The van der Waals surface area contributed by atoms with Crippen molar-refractivity contribution < 1.29 is 13.2 Å². The van der Waals surface area contributed by atoms with Crippen LogP contribution in [0.25, 0.3) is 16.9 Å². The minimum Gasteiger partial charge on any atom is -0.283 e. The monoisotopic (exact) mass is 326 g/mol. The SMILES string of the molecule is CCc1nc(C(F)(F)F)nc2c1ncn2-c1ccc(Cl)cc1. The van der Waals surface area contributed by atoms with Gasteiger partial charge in [0.05, 0.1) is 5.69 Å². The van der Waals surface area contributed by atoms with E-state index < -0.39 is 12.0 Å². The lowest BCUT2D eigenvalue weighted by Crippen LogP contribution is -2.13. The van der Waals surface area contributed by atoms with Crippen LogP contribution < -0.4 is 0 Å². The first kappa shape index (κ1) is 14.8. The lowest BCUT2D eigenvalue weighted by molar-refractivity contribution is -0.144. The van der Waals surface area contributed by atoms with Crippen molar-refractivity contribution in [2.75, 3.05) is 0 Å². The number of rotatable bonds is 2. The Morgan fingerprint density at radius 2 is 1.82 bits per heavy atom. The van der Waals surface area contributed by atoms with Crippen LogP contribution in [0, 0.1) is 0 Å². The summed E-state index contributed by atoms with van der Waals surface area (Å²) >= 11 is 5.82. The molecule has 0 amide bonds. The first-order chi connectivity index (χ1) is 10.4. The van der Waals surface area contributed by atoms with Crippen LogP contribution in [0.3, 0.4) is 0 Å². The molecule has 2 aromatic heterocycles. The first-order valence-corrected chi connectivity index (χ1v) is 6.85. The quantitative estimate of drug-likeness (QED) is 0.713. The molecule has 3 aromatic rings. The highest BCUT2D eigenvalue weighted by atomic mass is 35.5. The molecular weight excluding hydrogens is 317 g/mol. The molecule has 0 spiro atoms. The molecule has 0 N–H and O–H groups in total. The highest BCUT2D eigenvalue weighted by molar-refractivity contribution is 6.30. The summed E-state index contributed by atoms with van der Waals surface area (Å²) in [6, 6.07) is 6.67. The molecule has 0 fully saturated rings. The zero-order valence-electron chi connectivity index (χ0n) is 11.4. The molecule has 0 atom stereocenters. The van der Waals surface area contributed by atoms with Crippen molar-refractivity contribution in [1.29, 1.82) is 0 Å². The largest absolute Gasteiger partial charge is 0.451 e. The second-order valence-corrected chi connectivity index (χ2v) is 5.04. The molecule has 0 aliphatic carbocycles. The Bertz CT molecular complexity index is 824. The van der Waals surface area contributed by atoms with Gasteiger partial charge in [0.2, 0.25) is 5.82 Å². The molecular formula is C14H10ClF3N4. The molecule has 114 valence electrons. The van der Waals surface area contributed by atoms with E-state index in [1.165, 1.54) is 10.9 Å². The number of hydrogen-bond donors (Lipinski definition) is 0. The smallest absolute Gasteiger partial charge is 0.283 e. The fourth-order valence-corrected chi connectivity index (χ4v) is 2.25. The number of alkyl halides is 3. The average Bonchev–Trinajstić information content (AvgIpc) is 2.90. The summed E-state index contributed by atoms with van der Waals surface area (Å²) in [7, 11) is 0. The summed E-state index contributed by atoms with van der Waals surface area (Å²) in [5.74, 6) is -1.16. The molecule has 22 heavy (non-hydrogen) atoms. The summed E-state index contributed by atoms with van der Waals surface area (Å²) in [4.78, 5) is 11.4. The molecule has 0 aliphatic rings. The Hall–Kier alpha value is -2.15. The lowest BCUT2D eigenvalue weighted by Gasteiger charge is -2.09. The van der Waals surface area contributed by atoms with E-state index >= 15 is 0 Å². The standard InChI is InChI=1S/C14H10ClF3N4/c1-2-10-11-12(21-13(20-10)14(16,17)18)22(7-19-11)9-5-3-8(15)4-6-9/h3-7H,2H2,1H3. The molecule has 3 rings (SSSR count). The van der Waals surface area contributed by atoms with Gasteiger partial charge in [0.1, 0.15) is 11.8 Å². The molecule has 0 saturated heterocycles. The van der Waals surface area contributed by atoms with E-state index in [-0.39, 0.29) is 11.3 Å². The van der Waals surface area contributed by atoms with Crippen molar-refractivity contribution in [2.45, 2.75) is 19.5 Å². The number of nitrogens with zero attached hydrogens (tertiary/aromatic N) is 4. The fourth-order valence-electron chi connectivity index (χ4n) is 2.12. The molecule has 0 radical (unpaired) electrons. The molecule has 8 heteroatoms. The van der Waals surface area contributed by atoms with Crippen molar-refractivity contribution in [1.82, 2.24) is 19.5 Å². The number of halogens is 4. The van der Waals surface area contributed by atoms with Gasteiger partial charge in [-0.2, -0.15) is 13.2 Å². The summed E-state index contributed by atoms with van der Waals surface area (Å²) < 4.78 is 40.3. The van der Waals surface area contributed by atoms with E-state index in [1.807, 2.05) is 0 Å². The molecule has 0 bridgehead atoms. The van der Waals surface area contributed by atoms with Gasteiger partial charge in [0.25, 0.3) is 0 Å². The van der Waals surface area contributed by atoms with Crippen LogP contribution in [-0.2, 0) is 12.6 Å². The second-order valence-electron chi connectivity index (χ2n) is 4.61. The Morgan fingerprint density at radius 3 is 2.41 bits per heavy atom. The van der Waals surface area contributed by atoms with Crippen LogP contribution in [-0.4, -0.2) is 19.5 Å². The summed E-state index contributed by atoms with van der Waals surface area (Å²) in [6.45, 7) is 1.73. The van der Waals surface area contributed by atoms with Crippen LogP contribution in [0.2, 0.25) is 5.02 Å². The van der Waals surface area contributed by atoms with Crippen molar-refractivity contribution >= 4 is 22.8 Å². The lowest BCUT2D eigenvalue weighted by atomic mass is 10.2. The van der Waals surface area contributed by atoms with Gasteiger partial charge in [-0.05, 0) is 30.7 Å². The molecule has 4 nitrogen and oxygen atoms in total. The van der Waals surface area contributed by atoms with Gasteiger partial charge in [-0.3, -0.25) is 4.57 Å². The highest BCUT2D eigenvalue weighted by Gasteiger charge is 2.36. The minimum absolute atomic E-state index is 0.126. The third kappa shape index (κ3) is 2.52. The molecule has 2 heterocycles. The normalized spacial score (nSPS) is 12.0. The second kappa shape index (κ2) is 5.24. The van der Waals surface area contributed by atoms with Crippen molar-refractivity contribution in [3.05, 3.63) is 47.1 Å². The predicted octanol–water partition coefficient (Wildman–Crippen LogP) is 4.05. The Labute approximate surface area is 128 Å². The number of fused-ring (bicyclic) bond motifs is 1. The van der Waals surface area contributed by atoms with Gasteiger partial charge < -0.3 is 0 Å². The maximum Gasteiger partial charge on any atom is 0.451 e. The highest BCUT2D eigenvalue weighted by Crippen LogP contribution is 2.29. The Balaban J connectivity index is 2.26. The Kier molecular flexibility index (Phi) is 3.52. The summed E-state index contributed by atoms with van der Waals surface area (Å²) in [5, 5.41) is 0.535. The average molecular weight is 327 g/mol. The van der Waals surface area contributed by atoms with Crippen LogP contribution in [0.1, 0.15) is 18.4 Å². The van der Waals surface area contributed by atoms with Gasteiger partial charge in [0.15, 0.2) is 5.65 Å². The van der Waals surface area contributed by atoms with Crippen LogP contribution in [0.4, 0.5) is 13.2 Å². The minimum atomic E-state index is -4.60. The van der Waals surface area contributed by atoms with E-state index in [0.29, 0.717) is 22.6 Å². The van der Waals surface area contributed by atoms with Crippen LogP contribution >= 0.6 is 11.6 Å². The van der Waals surface area contributed by atoms with Crippen molar-refractivity contribution in [3.8, 4) is 5.69 Å². The number of benzene rings is 1. The van der Waals surface area contributed by atoms with E-state index in [1.54, 1.807) is 31.2 Å². The fraction of sp³-hybridized carbons (Fsp3) is 0.214. The first-order valence-electron chi connectivity index (χ1n) is 6.47. The summed E-state index contributed by atoms with van der Waals surface area (Å²) in [5.41, 5.74) is 1.39. The molecule has 0 aliphatic heterocycles. The summed E-state index contributed by atoms with van der Waals surface area (Å²) in [6.07, 6.45) is -2.84. The van der Waals surface area contributed by atoms with Gasteiger partial charge in [-0.25, -0.2) is 15.0 Å². The predicted molar refractivity (Wildman–Crippen MR) is 76.1 cm³/mol. The van der Waals surface area contributed by atoms with Gasteiger partial charge >= 0.3 is 6.18 Å². The Morgan fingerprint density at radius 1 is 1.14 bits per heavy atom. The molecule has 0 unspecified atom stereocenters. The number of hydrogen-bond acceptors (Lipinski definition) is 3. The van der Waals surface area contributed by atoms with E-state index in [9.17, 15) is 13.2 Å². The van der Waals surface area contributed by atoms with Gasteiger partial charge in [-0.1, -0.05) is 18.5 Å². The van der Waals surface area contributed by atoms with Gasteiger partial charge in [-0.15, -0.1) is 0 Å². The van der Waals surface area contributed by atoms with Crippen molar-refractivity contribution in [3.63, 3.8) is 0 Å². The van der Waals surface area contributed by atoms with E-state index in [4.69, 9.17) is 11.6 Å². The van der Waals surface area contributed by atoms with Crippen molar-refractivity contribution in [2.24, 2.45) is 0 Å². The maximum atomic E-state index is 13.0. The maximum absolute atomic E-state index is 13.0. The number of aryl methyl sites for hydroxylation is 1. The van der Waals surface area contributed by atoms with E-state index in [2.05, 4.69) is 15.0 Å². The van der Waals surface area contributed by atoms with Crippen LogP contribution in [0.15, 0.2) is 30.6 Å². The topological polar surface area (TPSA) is 43.6 Å². The van der Waals surface area contributed by atoms with Crippen LogP contribution in [0.5, 0.6) is 0 Å². The number of aromatic nitrogens is 4. The number of imidazole rings is 1. The molecule has 1 aromatic carbocycles. The third-order valence-corrected chi connectivity index (χ3v) is 3.41. The van der Waals surface area contributed by atoms with Gasteiger partial charge in [0, 0.05) is 10.7 Å². The van der Waals surface area contributed by atoms with E-state index in [0.717, 1.165) is 0 Å². The zero-order valence-corrected chi connectivity index (χ0v) is 12.2.